The van der Waals surface area contributed by atoms with E-state index in [0.29, 0.717) is 17.9 Å². The molecule has 0 aromatic heterocycles. The maximum atomic E-state index is 13.3. The molecule has 33 heavy (non-hydrogen) atoms. The molecule has 1 heterocycles. The molecule has 1 aromatic rings. The van der Waals surface area contributed by atoms with Crippen molar-refractivity contribution in [2.45, 2.75) is 65.1 Å². The zero-order valence-electron chi connectivity index (χ0n) is 19.4. The van der Waals surface area contributed by atoms with Crippen LogP contribution in [0.1, 0.15) is 52.0 Å². The van der Waals surface area contributed by atoms with Gasteiger partial charge in [-0.05, 0) is 44.7 Å². The molecule has 0 saturated carbocycles. The van der Waals surface area contributed by atoms with Crippen molar-refractivity contribution in [3.63, 3.8) is 0 Å². The zero-order valence-corrected chi connectivity index (χ0v) is 20.2. The molecule has 1 aromatic carbocycles. The van der Waals surface area contributed by atoms with E-state index >= 15 is 0 Å². The van der Waals surface area contributed by atoms with E-state index in [1.54, 1.807) is 19.1 Å². The molecule has 1 N–H and O–H groups in total. The number of rotatable bonds is 9. The van der Waals surface area contributed by atoms with Crippen LogP contribution in [0.25, 0.3) is 0 Å². The number of nitrogens with zero attached hydrogens (tertiary/aromatic N) is 2. The molecular formula is C25H32ClN3O4. The van der Waals surface area contributed by atoms with Gasteiger partial charge in [0.1, 0.15) is 6.04 Å². The molecule has 2 aliphatic rings. The molecule has 0 unspecified atom stereocenters. The fourth-order valence-electron chi connectivity index (χ4n) is 4.30. The van der Waals surface area contributed by atoms with Crippen molar-refractivity contribution in [2.24, 2.45) is 11.8 Å². The number of amides is 4. The Morgan fingerprint density at radius 1 is 1.12 bits per heavy atom. The normalized spacial score (nSPS) is 21.5. The van der Waals surface area contributed by atoms with Crippen LogP contribution in [-0.4, -0.2) is 52.1 Å². The van der Waals surface area contributed by atoms with Crippen LogP contribution < -0.4 is 5.32 Å². The predicted molar refractivity (Wildman–Crippen MR) is 126 cm³/mol. The summed E-state index contributed by atoms with van der Waals surface area (Å²) >= 11 is 6.31. The number of hydrogen-bond acceptors (Lipinski definition) is 4. The first-order valence-corrected chi connectivity index (χ1v) is 12.0. The van der Waals surface area contributed by atoms with E-state index in [-0.39, 0.29) is 61.0 Å². The summed E-state index contributed by atoms with van der Waals surface area (Å²) in [5.74, 6) is -1.62. The van der Waals surface area contributed by atoms with Gasteiger partial charge in [0, 0.05) is 30.6 Å². The van der Waals surface area contributed by atoms with Crippen LogP contribution in [-0.2, 0) is 25.7 Å². The molecule has 1 saturated heterocycles. The lowest BCUT2D eigenvalue weighted by molar-refractivity contribution is -0.143. The fourth-order valence-corrected chi connectivity index (χ4v) is 4.49. The molecule has 178 valence electrons. The highest BCUT2D eigenvalue weighted by Gasteiger charge is 2.47. The Balaban J connectivity index is 1.73. The van der Waals surface area contributed by atoms with E-state index in [4.69, 9.17) is 11.6 Å². The highest BCUT2D eigenvalue weighted by Crippen LogP contribution is 2.35. The van der Waals surface area contributed by atoms with Gasteiger partial charge in [0.25, 0.3) is 0 Å². The lowest BCUT2D eigenvalue weighted by Gasteiger charge is -2.30. The number of hydrogen-bond donors (Lipinski definition) is 1. The highest BCUT2D eigenvalue weighted by atomic mass is 35.5. The highest BCUT2D eigenvalue weighted by molar-refractivity contribution is 6.31. The summed E-state index contributed by atoms with van der Waals surface area (Å²) in [6, 6.07) is 6.42. The van der Waals surface area contributed by atoms with Crippen LogP contribution in [0.15, 0.2) is 36.4 Å². The van der Waals surface area contributed by atoms with Gasteiger partial charge in [-0.2, -0.15) is 0 Å². The van der Waals surface area contributed by atoms with E-state index in [1.165, 1.54) is 9.80 Å². The largest absolute Gasteiger partial charge is 0.352 e. The number of imide groups is 1. The van der Waals surface area contributed by atoms with Crippen LogP contribution in [0.2, 0.25) is 5.02 Å². The Morgan fingerprint density at radius 3 is 2.30 bits per heavy atom. The lowest BCUT2D eigenvalue weighted by Crippen LogP contribution is -2.50. The van der Waals surface area contributed by atoms with Crippen molar-refractivity contribution in [3.05, 3.63) is 47.0 Å². The number of nitrogens with one attached hydrogen (secondary N) is 1. The van der Waals surface area contributed by atoms with Gasteiger partial charge in [0.05, 0.1) is 11.8 Å². The standard InChI is InChI=1S/C25H32ClN3O4/c1-4-16(2)27-23(31)17(3)29(15-18-9-5-8-12-21(18)26)22(30)13-14-28-24(32)19-10-6-7-11-20(19)25(28)33/h5-9,12,16-17,19-20H,4,10-11,13-15H2,1-3H3,(H,27,31)/t16-,17-,19-,20+/m1/s1. The van der Waals surface area contributed by atoms with Crippen LogP contribution in [0.3, 0.4) is 0 Å². The number of carbonyl (C=O) groups excluding carboxylic acids is 4. The second-order valence-electron chi connectivity index (χ2n) is 8.84. The van der Waals surface area contributed by atoms with Gasteiger partial charge in [-0.15, -0.1) is 0 Å². The summed E-state index contributed by atoms with van der Waals surface area (Å²) in [6.07, 6.45) is 5.72. The van der Waals surface area contributed by atoms with Crippen LogP contribution in [0.4, 0.5) is 0 Å². The minimum atomic E-state index is -0.737. The topological polar surface area (TPSA) is 86.8 Å². The van der Waals surface area contributed by atoms with Crippen molar-refractivity contribution in [2.75, 3.05) is 6.54 Å². The number of benzene rings is 1. The zero-order chi connectivity index (χ0) is 24.1. The van der Waals surface area contributed by atoms with Crippen molar-refractivity contribution in [1.29, 1.82) is 0 Å². The minimum absolute atomic E-state index is 0.0161. The minimum Gasteiger partial charge on any atom is -0.352 e. The fraction of sp³-hybridized carbons (Fsp3) is 0.520. The van der Waals surface area contributed by atoms with Gasteiger partial charge < -0.3 is 10.2 Å². The van der Waals surface area contributed by atoms with E-state index in [9.17, 15) is 19.2 Å². The maximum Gasteiger partial charge on any atom is 0.242 e. The Morgan fingerprint density at radius 2 is 1.73 bits per heavy atom. The average molecular weight is 474 g/mol. The van der Waals surface area contributed by atoms with E-state index in [1.807, 2.05) is 38.1 Å². The summed E-state index contributed by atoms with van der Waals surface area (Å²) in [5, 5.41) is 3.42. The van der Waals surface area contributed by atoms with Gasteiger partial charge in [-0.25, -0.2) is 0 Å². The van der Waals surface area contributed by atoms with E-state index in [2.05, 4.69) is 5.32 Å². The van der Waals surface area contributed by atoms with Crippen LogP contribution in [0, 0.1) is 11.8 Å². The van der Waals surface area contributed by atoms with Gasteiger partial charge in [0.2, 0.25) is 23.6 Å². The second-order valence-corrected chi connectivity index (χ2v) is 9.25. The molecule has 3 rings (SSSR count). The van der Waals surface area contributed by atoms with E-state index in [0.717, 1.165) is 12.0 Å². The summed E-state index contributed by atoms with van der Waals surface area (Å²) in [5.41, 5.74) is 0.723. The van der Waals surface area contributed by atoms with Crippen molar-refractivity contribution in [1.82, 2.24) is 15.1 Å². The van der Waals surface area contributed by atoms with Crippen molar-refractivity contribution in [3.8, 4) is 0 Å². The monoisotopic (exact) mass is 473 g/mol. The Labute approximate surface area is 200 Å². The number of fused-ring (bicyclic) bond motifs is 1. The third-order valence-electron chi connectivity index (χ3n) is 6.61. The molecule has 1 fully saturated rings. The predicted octanol–water partition coefficient (Wildman–Crippen LogP) is 3.31. The SMILES string of the molecule is CC[C@@H](C)NC(=O)[C@@H](C)N(Cc1ccccc1Cl)C(=O)CCN1C(=O)[C@H]2CC=CC[C@H]2C1=O. The van der Waals surface area contributed by atoms with Gasteiger partial charge in [0.15, 0.2) is 0 Å². The van der Waals surface area contributed by atoms with E-state index < -0.39 is 6.04 Å². The molecule has 4 atom stereocenters. The molecule has 1 aliphatic carbocycles. The molecule has 0 radical (unpaired) electrons. The summed E-state index contributed by atoms with van der Waals surface area (Å²) in [7, 11) is 0. The Kier molecular flexibility index (Phi) is 8.30. The van der Waals surface area contributed by atoms with Crippen molar-refractivity contribution < 1.29 is 19.2 Å². The van der Waals surface area contributed by atoms with Gasteiger partial charge in [-0.1, -0.05) is 48.9 Å². The quantitative estimate of drug-likeness (QED) is 0.440. The molecule has 7 nitrogen and oxygen atoms in total. The number of carbonyl (C=O) groups is 4. The van der Waals surface area contributed by atoms with Crippen LogP contribution in [0.5, 0.6) is 0 Å². The first-order valence-electron chi connectivity index (χ1n) is 11.6. The molecule has 1 aliphatic heterocycles. The average Bonchev–Trinajstić information content (AvgIpc) is 3.06. The first-order chi connectivity index (χ1) is 15.7. The smallest absolute Gasteiger partial charge is 0.242 e. The third-order valence-corrected chi connectivity index (χ3v) is 6.98. The Hall–Kier alpha value is -2.67. The first kappa shape index (κ1) is 25.0. The summed E-state index contributed by atoms with van der Waals surface area (Å²) < 4.78 is 0. The number of likely N-dealkylation sites (tertiary alicyclic amines) is 1. The molecule has 0 bridgehead atoms. The lowest BCUT2D eigenvalue weighted by atomic mass is 9.85. The molecule has 4 amide bonds. The van der Waals surface area contributed by atoms with Gasteiger partial charge in [-0.3, -0.25) is 24.1 Å². The van der Waals surface area contributed by atoms with Gasteiger partial charge >= 0.3 is 0 Å². The molecule has 8 heteroatoms. The summed E-state index contributed by atoms with van der Waals surface area (Å²) in [6.45, 7) is 5.73. The molecule has 0 spiro atoms. The summed E-state index contributed by atoms with van der Waals surface area (Å²) in [4.78, 5) is 54.2. The maximum absolute atomic E-state index is 13.3. The number of halogens is 1. The Bertz CT molecular complexity index is 921. The number of allylic oxidation sites excluding steroid dienone is 2. The third kappa shape index (κ3) is 5.64. The van der Waals surface area contributed by atoms with Crippen molar-refractivity contribution >= 4 is 35.2 Å². The second kappa shape index (κ2) is 11.0. The molecular weight excluding hydrogens is 442 g/mol. The van der Waals surface area contributed by atoms with Crippen LogP contribution >= 0.6 is 11.6 Å².